The molecule has 1 aliphatic rings. The van der Waals surface area contributed by atoms with E-state index < -0.39 is 10.0 Å². The molecule has 1 aromatic rings. The Hall–Kier alpha value is -0.950. The van der Waals surface area contributed by atoms with Gasteiger partial charge in [-0.15, -0.1) is 0 Å². The maximum Gasteiger partial charge on any atom is 0.243 e. The number of ether oxygens (including phenoxy) is 1. The van der Waals surface area contributed by atoms with E-state index in [-0.39, 0.29) is 12.5 Å². The van der Waals surface area contributed by atoms with Gasteiger partial charge in [0.15, 0.2) is 0 Å². The predicted octanol–water partition coefficient (Wildman–Crippen LogP) is 0.878. The summed E-state index contributed by atoms with van der Waals surface area (Å²) in [6, 6.07) is 6.74. The third-order valence-corrected chi connectivity index (χ3v) is 5.49. The molecule has 0 bridgehead atoms. The molecule has 112 valence electrons. The summed E-state index contributed by atoms with van der Waals surface area (Å²) >= 11 is 0. The lowest BCUT2D eigenvalue weighted by Gasteiger charge is -2.16. The second kappa shape index (κ2) is 6.67. The number of aliphatic hydroxyl groups is 1. The highest BCUT2D eigenvalue weighted by molar-refractivity contribution is 7.89. The number of hydrogen-bond donors (Lipinski definition) is 1. The maximum atomic E-state index is 12.5. The molecule has 20 heavy (non-hydrogen) atoms. The quantitative estimate of drug-likeness (QED) is 0.847. The van der Waals surface area contributed by atoms with Crippen molar-refractivity contribution in [2.45, 2.75) is 17.7 Å². The SMILES string of the molecule is COCC1CCN(S(=O)(=O)c2ccc(CCO)cc2)C1. The Balaban J connectivity index is 2.10. The van der Waals surface area contributed by atoms with E-state index in [1.54, 1.807) is 31.4 Å². The lowest BCUT2D eigenvalue weighted by molar-refractivity contribution is 0.157. The number of nitrogens with zero attached hydrogens (tertiary/aromatic N) is 1. The average Bonchev–Trinajstić information content (AvgIpc) is 2.90. The molecule has 0 radical (unpaired) electrons. The first-order chi connectivity index (χ1) is 9.57. The molecule has 0 amide bonds. The Morgan fingerprint density at radius 2 is 2.05 bits per heavy atom. The number of aliphatic hydroxyl groups excluding tert-OH is 1. The second-order valence-corrected chi connectivity index (χ2v) is 7.03. The van der Waals surface area contributed by atoms with Gasteiger partial charge in [0.1, 0.15) is 0 Å². The molecule has 1 N–H and O–H groups in total. The summed E-state index contributed by atoms with van der Waals surface area (Å²) in [6.45, 7) is 1.74. The van der Waals surface area contributed by atoms with Gasteiger partial charge in [0, 0.05) is 26.8 Å². The molecular formula is C14H21NO4S. The minimum atomic E-state index is -3.41. The van der Waals surface area contributed by atoms with Crippen LogP contribution in [0.1, 0.15) is 12.0 Å². The van der Waals surface area contributed by atoms with Crippen LogP contribution in [-0.2, 0) is 21.2 Å². The first-order valence-corrected chi connectivity index (χ1v) is 8.21. The molecular weight excluding hydrogens is 278 g/mol. The van der Waals surface area contributed by atoms with Gasteiger partial charge in [-0.1, -0.05) is 12.1 Å². The lowest BCUT2D eigenvalue weighted by atomic mass is 10.1. The highest BCUT2D eigenvalue weighted by Gasteiger charge is 2.32. The van der Waals surface area contributed by atoms with E-state index in [1.807, 2.05) is 0 Å². The van der Waals surface area contributed by atoms with Gasteiger partial charge in [-0.05, 0) is 36.5 Å². The van der Waals surface area contributed by atoms with Crippen molar-refractivity contribution in [1.82, 2.24) is 4.31 Å². The van der Waals surface area contributed by atoms with Crippen molar-refractivity contribution in [3.8, 4) is 0 Å². The topological polar surface area (TPSA) is 66.8 Å². The summed E-state index contributed by atoms with van der Waals surface area (Å²) in [5.41, 5.74) is 0.935. The zero-order valence-electron chi connectivity index (χ0n) is 11.7. The van der Waals surface area contributed by atoms with Gasteiger partial charge in [-0.2, -0.15) is 4.31 Å². The van der Waals surface area contributed by atoms with Gasteiger partial charge in [0.25, 0.3) is 0 Å². The highest BCUT2D eigenvalue weighted by Crippen LogP contribution is 2.24. The first-order valence-electron chi connectivity index (χ1n) is 6.77. The van der Waals surface area contributed by atoms with Crippen molar-refractivity contribution in [3.05, 3.63) is 29.8 Å². The summed E-state index contributed by atoms with van der Waals surface area (Å²) in [5, 5.41) is 8.86. The molecule has 0 spiro atoms. The van der Waals surface area contributed by atoms with E-state index >= 15 is 0 Å². The molecule has 0 aliphatic carbocycles. The standard InChI is InChI=1S/C14H21NO4S/c1-19-11-13-6-8-15(10-13)20(17,18)14-4-2-12(3-5-14)7-9-16/h2-5,13,16H,6-11H2,1H3. The van der Waals surface area contributed by atoms with Crippen molar-refractivity contribution in [3.63, 3.8) is 0 Å². The van der Waals surface area contributed by atoms with Crippen LogP contribution in [0, 0.1) is 5.92 Å². The van der Waals surface area contributed by atoms with Crippen molar-refractivity contribution >= 4 is 10.0 Å². The van der Waals surface area contributed by atoms with E-state index in [2.05, 4.69) is 0 Å². The third kappa shape index (κ3) is 3.38. The zero-order chi connectivity index (χ0) is 14.6. The number of methoxy groups -OCH3 is 1. The summed E-state index contributed by atoms with van der Waals surface area (Å²) in [5.74, 6) is 0.281. The first kappa shape index (κ1) is 15.4. The fraction of sp³-hybridized carbons (Fsp3) is 0.571. The van der Waals surface area contributed by atoms with Crippen LogP contribution in [0.15, 0.2) is 29.2 Å². The summed E-state index contributed by atoms with van der Waals surface area (Å²) in [6.07, 6.45) is 1.38. The normalized spacial score (nSPS) is 20.4. The van der Waals surface area contributed by atoms with Crippen LogP contribution in [0.2, 0.25) is 0 Å². The van der Waals surface area contributed by atoms with Gasteiger partial charge in [-0.3, -0.25) is 0 Å². The van der Waals surface area contributed by atoms with Crippen molar-refractivity contribution in [1.29, 1.82) is 0 Å². The van der Waals surface area contributed by atoms with Crippen LogP contribution >= 0.6 is 0 Å². The molecule has 1 fully saturated rings. The molecule has 1 heterocycles. The molecule has 1 aromatic carbocycles. The number of benzene rings is 1. The van der Waals surface area contributed by atoms with Crippen molar-refractivity contribution in [2.24, 2.45) is 5.92 Å². The average molecular weight is 299 g/mol. The fourth-order valence-electron chi connectivity index (χ4n) is 2.49. The fourth-order valence-corrected chi connectivity index (χ4v) is 4.02. The van der Waals surface area contributed by atoms with Gasteiger partial charge in [0.05, 0.1) is 11.5 Å². The maximum absolute atomic E-state index is 12.5. The highest BCUT2D eigenvalue weighted by atomic mass is 32.2. The Kier molecular flexibility index (Phi) is 5.15. The van der Waals surface area contributed by atoms with Crippen LogP contribution < -0.4 is 0 Å². The molecule has 1 aliphatic heterocycles. The molecule has 1 saturated heterocycles. The Labute approximate surface area is 120 Å². The summed E-state index contributed by atoms with van der Waals surface area (Å²) in [7, 11) is -1.77. The molecule has 2 rings (SSSR count). The zero-order valence-corrected chi connectivity index (χ0v) is 12.5. The Morgan fingerprint density at radius 3 is 2.65 bits per heavy atom. The number of sulfonamides is 1. The smallest absolute Gasteiger partial charge is 0.243 e. The van der Waals surface area contributed by atoms with Gasteiger partial charge in [-0.25, -0.2) is 8.42 Å². The van der Waals surface area contributed by atoms with Crippen LogP contribution in [0.3, 0.4) is 0 Å². The minimum Gasteiger partial charge on any atom is -0.396 e. The second-order valence-electron chi connectivity index (χ2n) is 5.09. The monoisotopic (exact) mass is 299 g/mol. The van der Waals surface area contributed by atoms with Crippen LogP contribution in [0.25, 0.3) is 0 Å². The number of hydrogen-bond acceptors (Lipinski definition) is 4. The molecule has 1 atom stereocenters. The van der Waals surface area contributed by atoms with E-state index in [0.29, 0.717) is 31.0 Å². The Morgan fingerprint density at radius 1 is 1.35 bits per heavy atom. The molecule has 1 unspecified atom stereocenters. The summed E-state index contributed by atoms with van der Waals surface area (Å²) < 4.78 is 31.6. The van der Waals surface area contributed by atoms with Gasteiger partial charge in [0.2, 0.25) is 10.0 Å². The van der Waals surface area contributed by atoms with E-state index in [4.69, 9.17) is 9.84 Å². The molecule has 6 heteroatoms. The lowest BCUT2D eigenvalue weighted by Crippen LogP contribution is -2.29. The molecule has 5 nitrogen and oxygen atoms in total. The summed E-state index contributed by atoms with van der Waals surface area (Å²) in [4.78, 5) is 0.317. The molecule has 0 aromatic heterocycles. The third-order valence-electron chi connectivity index (χ3n) is 3.61. The van der Waals surface area contributed by atoms with E-state index in [1.165, 1.54) is 4.31 Å². The van der Waals surface area contributed by atoms with Crippen LogP contribution in [0.4, 0.5) is 0 Å². The van der Waals surface area contributed by atoms with E-state index in [9.17, 15) is 8.42 Å². The van der Waals surface area contributed by atoms with Crippen LogP contribution in [0.5, 0.6) is 0 Å². The minimum absolute atomic E-state index is 0.0664. The van der Waals surface area contributed by atoms with Crippen molar-refractivity contribution in [2.75, 3.05) is 33.4 Å². The van der Waals surface area contributed by atoms with Crippen molar-refractivity contribution < 1.29 is 18.3 Å². The van der Waals surface area contributed by atoms with E-state index in [0.717, 1.165) is 12.0 Å². The number of rotatable bonds is 6. The predicted molar refractivity (Wildman–Crippen MR) is 76.0 cm³/mol. The Bertz CT molecular complexity index is 527. The van der Waals surface area contributed by atoms with Crippen LogP contribution in [-0.4, -0.2) is 51.2 Å². The van der Waals surface area contributed by atoms with Gasteiger partial charge < -0.3 is 9.84 Å². The largest absolute Gasteiger partial charge is 0.396 e. The van der Waals surface area contributed by atoms with Gasteiger partial charge >= 0.3 is 0 Å². The molecule has 0 saturated carbocycles.